The maximum absolute atomic E-state index is 9.61. The molecule has 1 heterocycles. The molecule has 19 heavy (non-hydrogen) atoms. The molecule has 2 aliphatic rings. The Balaban J connectivity index is 1.75. The first kappa shape index (κ1) is 13.9. The van der Waals surface area contributed by atoms with Crippen LogP contribution in [-0.4, -0.2) is 28.8 Å². The zero-order valence-corrected chi connectivity index (χ0v) is 13.9. The van der Waals surface area contributed by atoms with Gasteiger partial charge in [-0.1, -0.05) is 15.9 Å². The molecule has 0 atom stereocenters. The van der Waals surface area contributed by atoms with Gasteiger partial charge in [0.2, 0.25) is 0 Å². The van der Waals surface area contributed by atoms with E-state index in [2.05, 4.69) is 54.2 Å². The van der Waals surface area contributed by atoms with E-state index < -0.39 is 0 Å². The third kappa shape index (κ3) is 2.99. The van der Waals surface area contributed by atoms with Crippen molar-refractivity contribution < 1.29 is 5.11 Å². The Hall–Kier alpha value is -0.100. The summed E-state index contributed by atoms with van der Waals surface area (Å²) in [6.07, 6.45) is 4.01. The molecule has 0 bridgehead atoms. The molecule has 1 aliphatic heterocycles. The minimum absolute atomic E-state index is 0.0791. The normalized spacial score (nSPS) is 27.7. The number of rotatable bonds is 1. The summed E-state index contributed by atoms with van der Waals surface area (Å²) in [6.45, 7) is 1.88. The number of nitrogens with zero attached hydrogens (tertiary/aromatic N) is 1. The average molecular weight is 390 g/mol. The average Bonchev–Trinajstić information content (AvgIpc) is 2.38. The number of fused-ring (bicyclic) bond motifs is 1. The first-order valence-electron chi connectivity index (χ1n) is 6.77. The topological polar surface area (TPSA) is 35.5 Å². The molecule has 1 aliphatic carbocycles. The summed E-state index contributed by atoms with van der Waals surface area (Å²) in [5.41, 5.74) is 2.55. The summed E-state index contributed by atoms with van der Waals surface area (Å²) >= 11 is 7.17. The highest BCUT2D eigenvalue weighted by atomic mass is 79.9. The molecule has 0 radical (unpaired) electrons. The quantitative estimate of drug-likeness (QED) is 0.768. The van der Waals surface area contributed by atoms with E-state index in [0.717, 1.165) is 47.8 Å². The van der Waals surface area contributed by atoms with E-state index in [1.165, 1.54) is 11.3 Å². The first-order valence-corrected chi connectivity index (χ1v) is 8.36. The predicted octanol–water partition coefficient (Wildman–Crippen LogP) is 3.70. The van der Waals surface area contributed by atoms with Gasteiger partial charge in [-0.05, 0) is 59.3 Å². The molecule has 3 nitrogen and oxygen atoms in total. The van der Waals surface area contributed by atoms with E-state index in [4.69, 9.17) is 0 Å². The second kappa shape index (κ2) is 5.72. The highest BCUT2D eigenvalue weighted by molar-refractivity contribution is 9.11. The van der Waals surface area contributed by atoms with Crippen LogP contribution in [0.4, 0.5) is 5.69 Å². The molecule has 0 amide bonds. The smallest absolute Gasteiger partial charge is 0.0684 e. The number of aliphatic hydroxyl groups is 1. The SMILES string of the molecule is OC1CCC(N2CNc3c(Br)cc(Br)cc3C2)CC1. The van der Waals surface area contributed by atoms with Gasteiger partial charge in [0.1, 0.15) is 0 Å². The predicted molar refractivity (Wildman–Crippen MR) is 84.1 cm³/mol. The molecular weight excluding hydrogens is 372 g/mol. The number of aliphatic hydroxyl groups excluding tert-OH is 1. The van der Waals surface area contributed by atoms with Crippen LogP contribution in [0.3, 0.4) is 0 Å². The van der Waals surface area contributed by atoms with E-state index in [0.29, 0.717) is 6.04 Å². The molecule has 0 saturated heterocycles. The van der Waals surface area contributed by atoms with Gasteiger partial charge < -0.3 is 10.4 Å². The molecule has 3 rings (SSSR count). The van der Waals surface area contributed by atoms with Crippen LogP contribution in [0.15, 0.2) is 21.1 Å². The minimum atomic E-state index is -0.0791. The Bertz CT molecular complexity index is 473. The molecule has 1 saturated carbocycles. The van der Waals surface area contributed by atoms with Crippen LogP contribution in [0.2, 0.25) is 0 Å². The van der Waals surface area contributed by atoms with Gasteiger partial charge in [-0.3, -0.25) is 4.90 Å². The van der Waals surface area contributed by atoms with Gasteiger partial charge >= 0.3 is 0 Å². The summed E-state index contributed by atoms with van der Waals surface area (Å²) in [5.74, 6) is 0. The van der Waals surface area contributed by atoms with Crippen molar-refractivity contribution in [2.24, 2.45) is 0 Å². The van der Waals surface area contributed by atoms with E-state index in [1.807, 2.05) is 0 Å². The van der Waals surface area contributed by atoms with Crippen LogP contribution in [0.25, 0.3) is 0 Å². The lowest BCUT2D eigenvalue weighted by molar-refractivity contribution is 0.0721. The summed E-state index contributed by atoms with van der Waals surface area (Å²) in [6, 6.07) is 4.87. The van der Waals surface area contributed by atoms with Crippen molar-refractivity contribution >= 4 is 37.5 Å². The largest absolute Gasteiger partial charge is 0.393 e. The zero-order valence-electron chi connectivity index (χ0n) is 10.7. The summed E-state index contributed by atoms with van der Waals surface area (Å²) in [5, 5.41) is 13.1. The second-order valence-corrected chi connectivity index (χ2v) is 7.24. The third-order valence-corrected chi connectivity index (χ3v) is 5.23. The molecule has 1 aromatic rings. The fraction of sp³-hybridized carbons (Fsp3) is 0.571. The monoisotopic (exact) mass is 388 g/mol. The van der Waals surface area contributed by atoms with Crippen molar-refractivity contribution in [2.75, 3.05) is 12.0 Å². The van der Waals surface area contributed by atoms with Gasteiger partial charge in [-0.25, -0.2) is 0 Å². The van der Waals surface area contributed by atoms with Crippen molar-refractivity contribution in [3.8, 4) is 0 Å². The van der Waals surface area contributed by atoms with Gasteiger partial charge in [0.05, 0.1) is 18.5 Å². The minimum Gasteiger partial charge on any atom is -0.393 e. The van der Waals surface area contributed by atoms with Crippen LogP contribution in [0.5, 0.6) is 0 Å². The van der Waals surface area contributed by atoms with Crippen LogP contribution in [-0.2, 0) is 6.54 Å². The highest BCUT2D eigenvalue weighted by Gasteiger charge is 2.28. The van der Waals surface area contributed by atoms with Crippen LogP contribution >= 0.6 is 31.9 Å². The molecule has 5 heteroatoms. The molecule has 1 fully saturated rings. The lowest BCUT2D eigenvalue weighted by Gasteiger charge is -2.39. The lowest BCUT2D eigenvalue weighted by atomic mass is 9.91. The number of halogens is 2. The summed E-state index contributed by atoms with van der Waals surface area (Å²) < 4.78 is 2.23. The molecular formula is C14H18Br2N2O. The number of anilines is 1. The van der Waals surface area contributed by atoms with Crippen molar-refractivity contribution in [1.82, 2.24) is 4.90 Å². The maximum atomic E-state index is 9.61. The van der Waals surface area contributed by atoms with Crippen molar-refractivity contribution in [3.63, 3.8) is 0 Å². The summed E-state index contributed by atoms with van der Waals surface area (Å²) in [7, 11) is 0. The van der Waals surface area contributed by atoms with Gasteiger partial charge in [0.25, 0.3) is 0 Å². The van der Waals surface area contributed by atoms with Crippen LogP contribution in [0, 0.1) is 0 Å². The number of nitrogens with one attached hydrogen (secondary N) is 1. The van der Waals surface area contributed by atoms with E-state index >= 15 is 0 Å². The van der Waals surface area contributed by atoms with Crippen molar-refractivity contribution in [2.45, 2.75) is 44.4 Å². The fourth-order valence-electron chi connectivity index (χ4n) is 3.09. The molecule has 2 N–H and O–H groups in total. The highest BCUT2D eigenvalue weighted by Crippen LogP contribution is 2.35. The van der Waals surface area contributed by atoms with Crippen LogP contribution in [0.1, 0.15) is 31.2 Å². The van der Waals surface area contributed by atoms with Gasteiger partial charge in [-0.15, -0.1) is 0 Å². The Labute approximate surface area is 130 Å². The lowest BCUT2D eigenvalue weighted by Crippen LogP contribution is -2.43. The fourth-order valence-corrected chi connectivity index (χ4v) is 4.54. The molecule has 0 unspecified atom stereocenters. The molecule has 0 spiro atoms. The number of hydrogen-bond acceptors (Lipinski definition) is 3. The number of hydrogen-bond donors (Lipinski definition) is 2. The molecule has 0 aromatic heterocycles. The molecule has 104 valence electrons. The third-order valence-electron chi connectivity index (χ3n) is 4.15. The Morgan fingerprint density at radius 1 is 1.16 bits per heavy atom. The van der Waals surface area contributed by atoms with Crippen molar-refractivity contribution in [3.05, 3.63) is 26.6 Å². The molecule has 1 aromatic carbocycles. The van der Waals surface area contributed by atoms with Gasteiger partial charge in [0, 0.05) is 21.5 Å². The van der Waals surface area contributed by atoms with E-state index in [1.54, 1.807) is 0 Å². The van der Waals surface area contributed by atoms with Gasteiger partial charge in [0.15, 0.2) is 0 Å². The Morgan fingerprint density at radius 2 is 1.89 bits per heavy atom. The number of benzene rings is 1. The first-order chi connectivity index (χ1) is 9.13. The van der Waals surface area contributed by atoms with Crippen LogP contribution < -0.4 is 5.32 Å². The Morgan fingerprint density at radius 3 is 2.63 bits per heavy atom. The van der Waals surface area contributed by atoms with E-state index in [9.17, 15) is 5.11 Å². The van der Waals surface area contributed by atoms with Gasteiger partial charge in [-0.2, -0.15) is 0 Å². The standard InChI is InChI=1S/C14H18Br2N2O/c15-10-5-9-7-18(8-17-14(9)13(16)6-10)11-1-3-12(19)4-2-11/h5-6,11-12,17,19H,1-4,7-8H2. The van der Waals surface area contributed by atoms with E-state index in [-0.39, 0.29) is 6.10 Å². The summed E-state index contributed by atoms with van der Waals surface area (Å²) in [4.78, 5) is 2.49. The maximum Gasteiger partial charge on any atom is 0.0684 e. The van der Waals surface area contributed by atoms with Crippen molar-refractivity contribution in [1.29, 1.82) is 0 Å². The second-order valence-electron chi connectivity index (χ2n) is 5.47. The zero-order chi connectivity index (χ0) is 13.4. The Kier molecular flexibility index (Phi) is 4.17.